The van der Waals surface area contributed by atoms with E-state index in [1.165, 1.54) is 0 Å². The summed E-state index contributed by atoms with van der Waals surface area (Å²) in [7, 11) is 0. The summed E-state index contributed by atoms with van der Waals surface area (Å²) in [5.74, 6) is -2.10. The average Bonchev–Trinajstić information content (AvgIpc) is 2.52. The zero-order chi connectivity index (χ0) is 19.0. The molecule has 8 nitrogen and oxygen atoms in total. The number of nitrogens with one attached hydrogen (secondary N) is 4. The Kier molecular flexibility index (Phi) is 4.94. The molecule has 0 bridgehead atoms. The van der Waals surface area contributed by atoms with Crippen molar-refractivity contribution in [2.45, 2.75) is 5.92 Å². The van der Waals surface area contributed by atoms with E-state index in [0.717, 1.165) is 4.47 Å². The maximum atomic E-state index is 12.5. The molecule has 2 heterocycles. The van der Waals surface area contributed by atoms with Gasteiger partial charge in [-0.15, -0.1) is 0 Å². The van der Waals surface area contributed by atoms with Gasteiger partial charge in [0.1, 0.15) is 0 Å². The number of hydrogen-bond donors (Lipinski definition) is 6. The van der Waals surface area contributed by atoms with Gasteiger partial charge in [-0.3, -0.25) is 19.6 Å². The SMILES string of the molecule is O=c1[nH]c(=S)[nH]c(O)c1C(c1ccc(Br)cc1)c1c(O)[nH]c(=S)[nH]c1=O. The summed E-state index contributed by atoms with van der Waals surface area (Å²) in [6, 6.07) is 6.70. The van der Waals surface area contributed by atoms with Crippen LogP contribution in [0.4, 0.5) is 0 Å². The molecule has 3 aromatic rings. The van der Waals surface area contributed by atoms with Crippen molar-refractivity contribution in [2.24, 2.45) is 0 Å². The molecule has 2 aromatic heterocycles. The second-order valence-corrected chi connectivity index (χ2v) is 7.06. The van der Waals surface area contributed by atoms with E-state index in [4.69, 9.17) is 24.4 Å². The van der Waals surface area contributed by atoms with Gasteiger partial charge >= 0.3 is 0 Å². The lowest BCUT2D eigenvalue weighted by atomic mass is 9.87. The van der Waals surface area contributed by atoms with E-state index >= 15 is 0 Å². The molecule has 0 aliphatic heterocycles. The molecule has 0 radical (unpaired) electrons. The van der Waals surface area contributed by atoms with Gasteiger partial charge in [0.2, 0.25) is 0 Å². The maximum Gasteiger partial charge on any atom is 0.259 e. The van der Waals surface area contributed by atoms with Crippen LogP contribution in [0.2, 0.25) is 0 Å². The molecule has 0 saturated carbocycles. The van der Waals surface area contributed by atoms with Crippen LogP contribution >= 0.6 is 40.4 Å². The minimum absolute atomic E-state index is 0.0728. The highest BCUT2D eigenvalue weighted by molar-refractivity contribution is 9.10. The Morgan fingerprint density at radius 2 is 1.23 bits per heavy atom. The predicted molar refractivity (Wildman–Crippen MR) is 103 cm³/mol. The Labute approximate surface area is 163 Å². The van der Waals surface area contributed by atoms with Crippen LogP contribution in [0, 0.1) is 9.54 Å². The summed E-state index contributed by atoms with van der Waals surface area (Å²) >= 11 is 13.0. The highest BCUT2D eigenvalue weighted by Crippen LogP contribution is 2.35. The van der Waals surface area contributed by atoms with E-state index in [-0.39, 0.29) is 20.7 Å². The molecule has 0 saturated heterocycles. The molecule has 0 atom stereocenters. The maximum absolute atomic E-state index is 12.5. The molecule has 0 spiro atoms. The molecule has 0 amide bonds. The van der Waals surface area contributed by atoms with E-state index in [2.05, 4.69) is 35.9 Å². The van der Waals surface area contributed by atoms with Gasteiger partial charge in [-0.1, -0.05) is 28.1 Å². The highest BCUT2D eigenvalue weighted by Gasteiger charge is 2.29. The van der Waals surface area contributed by atoms with Crippen LogP contribution in [0.3, 0.4) is 0 Å². The lowest BCUT2D eigenvalue weighted by Crippen LogP contribution is -2.25. The van der Waals surface area contributed by atoms with Gasteiger partial charge in [-0.05, 0) is 42.1 Å². The van der Waals surface area contributed by atoms with E-state index < -0.39 is 28.8 Å². The van der Waals surface area contributed by atoms with E-state index in [0.29, 0.717) is 5.56 Å². The van der Waals surface area contributed by atoms with Crippen molar-refractivity contribution >= 4 is 40.4 Å². The number of H-pyrrole nitrogens is 4. The molecular formula is C15H11BrN4O4S2. The molecule has 0 aliphatic carbocycles. The summed E-state index contributed by atoms with van der Waals surface area (Å²) in [4.78, 5) is 34.6. The van der Waals surface area contributed by atoms with Crippen molar-refractivity contribution in [3.05, 3.63) is 75.7 Å². The number of aromatic amines is 4. The van der Waals surface area contributed by atoms with Crippen LogP contribution in [0.15, 0.2) is 38.3 Å². The molecule has 26 heavy (non-hydrogen) atoms. The molecule has 1 aromatic carbocycles. The van der Waals surface area contributed by atoms with Crippen molar-refractivity contribution < 1.29 is 10.2 Å². The Hall–Kier alpha value is -2.50. The quantitative estimate of drug-likeness (QED) is 0.336. The largest absolute Gasteiger partial charge is 0.494 e. The summed E-state index contributed by atoms with van der Waals surface area (Å²) in [6.45, 7) is 0. The number of aromatic hydroxyl groups is 2. The normalized spacial score (nSPS) is 11.0. The van der Waals surface area contributed by atoms with Crippen molar-refractivity contribution in [1.82, 2.24) is 19.9 Å². The molecule has 0 fully saturated rings. The number of hydrogen-bond acceptors (Lipinski definition) is 6. The van der Waals surface area contributed by atoms with E-state index in [9.17, 15) is 19.8 Å². The first-order chi connectivity index (χ1) is 12.3. The predicted octanol–water partition coefficient (Wildman–Crippen LogP) is 2.53. The van der Waals surface area contributed by atoms with Gasteiger partial charge in [0.15, 0.2) is 21.3 Å². The molecule has 134 valence electrons. The summed E-state index contributed by atoms with van der Waals surface area (Å²) < 4.78 is 0.629. The second kappa shape index (κ2) is 7.02. The first-order valence-electron chi connectivity index (χ1n) is 7.14. The van der Waals surface area contributed by atoms with Crippen LogP contribution in [0.1, 0.15) is 22.6 Å². The number of aromatic nitrogens is 4. The molecule has 11 heteroatoms. The zero-order valence-electron chi connectivity index (χ0n) is 12.8. The Balaban J connectivity index is 2.41. The minimum atomic E-state index is -1.09. The first kappa shape index (κ1) is 18.3. The lowest BCUT2D eigenvalue weighted by molar-refractivity contribution is 0.431. The number of halogens is 1. The molecule has 0 aliphatic rings. The van der Waals surface area contributed by atoms with Crippen LogP contribution in [0.25, 0.3) is 0 Å². The van der Waals surface area contributed by atoms with Gasteiger partial charge in [-0.2, -0.15) is 0 Å². The standard InChI is InChI=1S/C15H11BrN4O4S2/c16-6-3-1-5(2-4-6)7(8-10(21)17-14(25)18-11(8)22)9-12(23)19-15(26)20-13(9)24/h1-4,7H,(H3,17,18,21,22,25)(H3,19,20,23,24,26). The van der Waals surface area contributed by atoms with Gasteiger partial charge in [0.25, 0.3) is 11.1 Å². The first-order valence-corrected chi connectivity index (χ1v) is 8.75. The van der Waals surface area contributed by atoms with Gasteiger partial charge in [0.05, 0.1) is 17.0 Å². The summed E-state index contributed by atoms with van der Waals surface area (Å²) in [5.41, 5.74) is -1.26. The third-order valence-electron chi connectivity index (χ3n) is 3.70. The summed E-state index contributed by atoms with van der Waals surface area (Å²) in [6.07, 6.45) is 0. The number of benzene rings is 1. The Morgan fingerprint density at radius 1 is 0.808 bits per heavy atom. The molecule has 0 unspecified atom stereocenters. The number of rotatable bonds is 3. The van der Waals surface area contributed by atoms with Crippen molar-refractivity contribution in [2.75, 3.05) is 0 Å². The van der Waals surface area contributed by atoms with Crippen molar-refractivity contribution in [1.29, 1.82) is 0 Å². The van der Waals surface area contributed by atoms with Crippen LogP contribution in [-0.2, 0) is 0 Å². The van der Waals surface area contributed by atoms with E-state index in [1.54, 1.807) is 24.3 Å². The van der Waals surface area contributed by atoms with Crippen LogP contribution in [-0.4, -0.2) is 30.1 Å². The lowest BCUT2D eigenvalue weighted by Gasteiger charge is -2.18. The smallest absolute Gasteiger partial charge is 0.259 e. The summed E-state index contributed by atoms with van der Waals surface area (Å²) in [5, 5.41) is 20.6. The monoisotopic (exact) mass is 454 g/mol. The minimum Gasteiger partial charge on any atom is -0.494 e. The molecule has 6 N–H and O–H groups in total. The fraction of sp³-hybridized carbons (Fsp3) is 0.0667. The van der Waals surface area contributed by atoms with Crippen LogP contribution in [0.5, 0.6) is 11.8 Å². The van der Waals surface area contributed by atoms with Gasteiger partial charge < -0.3 is 20.2 Å². The average molecular weight is 455 g/mol. The molecular weight excluding hydrogens is 444 g/mol. The van der Waals surface area contributed by atoms with Crippen molar-refractivity contribution in [3.63, 3.8) is 0 Å². The van der Waals surface area contributed by atoms with Gasteiger partial charge in [0, 0.05) is 4.47 Å². The van der Waals surface area contributed by atoms with Crippen LogP contribution < -0.4 is 11.1 Å². The van der Waals surface area contributed by atoms with Crippen molar-refractivity contribution in [3.8, 4) is 11.8 Å². The third-order valence-corrected chi connectivity index (χ3v) is 4.64. The third kappa shape index (κ3) is 3.41. The second-order valence-electron chi connectivity index (χ2n) is 5.33. The molecule has 3 rings (SSSR count). The van der Waals surface area contributed by atoms with Gasteiger partial charge in [-0.25, -0.2) is 0 Å². The Bertz CT molecular complexity index is 1140. The van der Waals surface area contributed by atoms with E-state index in [1.807, 2.05) is 0 Å². The fourth-order valence-electron chi connectivity index (χ4n) is 2.64. The zero-order valence-corrected chi connectivity index (χ0v) is 16.0. The fourth-order valence-corrected chi connectivity index (χ4v) is 3.28. The highest BCUT2D eigenvalue weighted by atomic mass is 79.9. The topological polar surface area (TPSA) is 138 Å². The Morgan fingerprint density at radius 3 is 1.62 bits per heavy atom.